The molecule has 0 saturated carbocycles. The second-order valence-electron chi connectivity index (χ2n) is 3.29. The molecule has 0 unspecified atom stereocenters. The maximum absolute atomic E-state index is 10.8. The molecule has 0 bridgehead atoms. The number of hydrogen-bond donors (Lipinski definition) is 0. The Balaban J connectivity index is 2.22. The summed E-state index contributed by atoms with van der Waals surface area (Å²) in [5.74, 6) is 1.00. The number of carbonyl (C=O) groups excluding carboxylic acids is 1. The van der Waals surface area contributed by atoms with Crippen LogP contribution >= 0.6 is 11.8 Å². The SMILES string of the molecule is CSc1ccc(Oc2ncccc2C=O)cc1. The predicted molar refractivity (Wildman–Crippen MR) is 67.9 cm³/mol. The second-order valence-corrected chi connectivity index (χ2v) is 4.17. The van der Waals surface area contributed by atoms with Crippen molar-refractivity contribution in [3.8, 4) is 11.6 Å². The van der Waals surface area contributed by atoms with Crippen molar-refractivity contribution in [3.63, 3.8) is 0 Å². The summed E-state index contributed by atoms with van der Waals surface area (Å²) in [4.78, 5) is 16.0. The molecule has 0 N–H and O–H groups in total. The van der Waals surface area contributed by atoms with Crippen LogP contribution in [0.15, 0.2) is 47.5 Å². The highest BCUT2D eigenvalue weighted by atomic mass is 32.2. The van der Waals surface area contributed by atoms with Crippen molar-refractivity contribution >= 4 is 18.0 Å². The van der Waals surface area contributed by atoms with Crippen LogP contribution in [0.1, 0.15) is 10.4 Å². The maximum atomic E-state index is 10.8. The van der Waals surface area contributed by atoms with Gasteiger partial charge in [-0.25, -0.2) is 4.98 Å². The van der Waals surface area contributed by atoms with Gasteiger partial charge in [-0.05, 0) is 42.7 Å². The molecular formula is C13H11NO2S. The molecule has 0 saturated heterocycles. The van der Waals surface area contributed by atoms with Crippen LogP contribution in [-0.2, 0) is 0 Å². The van der Waals surface area contributed by atoms with Crippen LogP contribution in [0.25, 0.3) is 0 Å². The number of hydrogen-bond acceptors (Lipinski definition) is 4. The van der Waals surface area contributed by atoms with E-state index in [0.717, 1.165) is 11.2 Å². The first kappa shape index (κ1) is 11.7. The first-order valence-electron chi connectivity index (χ1n) is 5.05. The molecule has 0 spiro atoms. The molecule has 0 aliphatic rings. The third-order valence-electron chi connectivity index (χ3n) is 2.20. The Bertz CT molecular complexity index is 511. The number of pyridine rings is 1. The Morgan fingerprint density at radius 1 is 1.24 bits per heavy atom. The van der Waals surface area contributed by atoms with E-state index in [1.165, 1.54) is 0 Å². The highest BCUT2D eigenvalue weighted by molar-refractivity contribution is 7.98. The number of ether oxygens (including phenoxy) is 1. The summed E-state index contributed by atoms with van der Waals surface area (Å²) in [5, 5.41) is 0. The van der Waals surface area contributed by atoms with Crippen molar-refractivity contribution in [1.82, 2.24) is 4.98 Å². The summed E-state index contributed by atoms with van der Waals surface area (Å²) in [7, 11) is 0. The van der Waals surface area contributed by atoms with Gasteiger partial charge >= 0.3 is 0 Å². The van der Waals surface area contributed by atoms with Crippen LogP contribution in [-0.4, -0.2) is 17.5 Å². The van der Waals surface area contributed by atoms with Crippen LogP contribution in [0.5, 0.6) is 11.6 Å². The molecule has 0 amide bonds. The van der Waals surface area contributed by atoms with Crippen LogP contribution in [0.3, 0.4) is 0 Å². The van der Waals surface area contributed by atoms with E-state index in [2.05, 4.69) is 4.98 Å². The minimum atomic E-state index is 0.333. The Labute approximate surface area is 104 Å². The van der Waals surface area contributed by atoms with Gasteiger partial charge in [-0.15, -0.1) is 11.8 Å². The fourth-order valence-corrected chi connectivity index (χ4v) is 1.74. The van der Waals surface area contributed by atoms with Gasteiger partial charge in [0.05, 0.1) is 5.56 Å². The smallest absolute Gasteiger partial charge is 0.229 e. The van der Waals surface area contributed by atoms with E-state index in [-0.39, 0.29) is 0 Å². The normalized spacial score (nSPS) is 9.94. The van der Waals surface area contributed by atoms with Crippen molar-refractivity contribution < 1.29 is 9.53 Å². The molecular weight excluding hydrogens is 234 g/mol. The molecule has 2 aromatic rings. The molecule has 1 heterocycles. The summed E-state index contributed by atoms with van der Waals surface area (Å²) >= 11 is 1.66. The van der Waals surface area contributed by atoms with Crippen molar-refractivity contribution in [2.75, 3.05) is 6.26 Å². The maximum Gasteiger partial charge on any atom is 0.229 e. The van der Waals surface area contributed by atoms with Gasteiger partial charge in [-0.2, -0.15) is 0 Å². The average Bonchev–Trinajstić information content (AvgIpc) is 2.40. The number of nitrogens with zero attached hydrogens (tertiary/aromatic N) is 1. The fraction of sp³-hybridized carbons (Fsp3) is 0.0769. The topological polar surface area (TPSA) is 39.2 Å². The number of aldehydes is 1. The Kier molecular flexibility index (Phi) is 3.77. The number of benzene rings is 1. The molecule has 86 valence electrons. The van der Waals surface area contributed by atoms with Gasteiger partial charge < -0.3 is 4.74 Å². The minimum Gasteiger partial charge on any atom is -0.438 e. The predicted octanol–water partition coefficient (Wildman–Crippen LogP) is 3.41. The van der Waals surface area contributed by atoms with E-state index < -0.39 is 0 Å². The van der Waals surface area contributed by atoms with Crippen molar-refractivity contribution in [1.29, 1.82) is 0 Å². The first-order chi connectivity index (χ1) is 8.33. The van der Waals surface area contributed by atoms with Gasteiger partial charge in [-0.1, -0.05) is 0 Å². The van der Waals surface area contributed by atoms with Crippen molar-refractivity contribution in [3.05, 3.63) is 48.2 Å². The average molecular weight is 245 g/mol. The zero-order valence-electron chi connectivity index (χ0n) is 9.29. The van der Waals surface area contributed by atoms with Crippen LogP contribution in [0, 0.1) is 0 Å². The van der Waals surface area contributed by atoms with E-state index >= 15 is 0 Å². The third kappa shape index (κ3) is 2.85. The molecule has 0 atom stereocenters. The van der Waals surface area contributed by atoms with E-state index in [1.807, 2.05) is 30.5 Å². The highest BCUT2D eigenvalue weighted by Crippen LogP contribution is 2.24. The molecule has 4 heteroatoms. The monoisotopic (exact) mass is 245 g/mol. The summed E-state index contributed by atoms with van der Waals surface area (Å²) < 4.78 is 5.55. The van der Waals surface area contributed by atoms with Crippen LogP contribution in [0.4, 0.5) is 0 Å². The summed E-state index contributed by atoms with van der Waals surface area (Å²) in [6.07, 6.45) is 4.34. The van der Waals surface area contributed by atoms with Gasteiger partial charge in [0.1, 0.15) is 5.75 Å². The lowest BCUT2D eigenvalue weighted by Gasteiger charge is -2.06. The van der Waals surface area contributed by atoms with Crippen molar-refractivity contribution in [2.45, 2.75) is 4.90 Å². The lowest BCUT2D eigenvalue weighted by atomic mass is 10.3. The third-order valence-corrected chi connectivity index (χ3v) is 2.95. The quantitative estimate of drug-likeness (QED) is 0.611. The van der Waals surface area contributed by atoms with E-state index in [1.54, 1.807) is 30.1 Å². The minimum absolute atomic E-state index is 0.333. The largest absolute Gasteiger partial charge is 0.438 e. The zero-order chi connectivity index (χ0) is 12.1. The van der Waals surface area contributed by atoms with Gasteiger partial charge in [0.25, 0.3) is 0 Å². The highest BCUT2D eigenvalue weighted by Gasteiger charge is 2.04. The molecule has 0 radical (unpaired) electrons. The summed E-state index contributed by atoms with van der Waals surface area (Å²) in [6, 6.07) is 11.0. The van der Waals surface area contributed by atoms with Gasteiger partial charge in [-0.3, -0.25) is 4.79 Å². The molecule has 2 rings (SSSR count). The van der Waals surface area contributed by atoms with E-state index in [0.29, 0.717) is 17.2 Å². The lowest BCUT2D eigenvalue weighted by molar-refractivity contribution is 0.112. The zero-order valence-corrected chi connectivity index (χ0v) is 10.1. The molecule has 1 aromatic heterocycles. The molecule has 3 nitrogen and oxygen atoms in total. The summed E-state index contributed by atoms with van der Waals surface area (Å²) in [6.45, 7) is 0. The van der Waals surface area contributed by atoms with Crippen LogP contribution < -0.4 is 4.74 Å². The van der Waals surface area contributed by atoms with Crippen LogP contribution in [0.2, 0.25) is 0 Å². The molecule has 0 fully saturated rings. The number of rotatable bonds is 4. The second kappa shape index (κ2) is 5.50. The van der Waals surface area contributed by atoms with Gasteiger partial charge in [0.15, 0.2) is 6.29 Å². The number of thioether (sulfide) groups is 1. The standard InChI is InChI=1S/C13H11NO2S/c1-17-12-6-4-11(5-7-12)16-13-10(9-15)3-2-8-14-13/h2-9H,1H3. The van der Waals surface area contributed by atoms with E-state index in [9.17, 15) is 4.79 Å². The molecule has 1 aromatic carbocycles. The molecule has 0 aliphatic carbocycles. The van der Waals surface area contributed by atoms with E-state index in [4.69, 9.17) is 4.74 Å². The molecule has 17 heavy (non-hydrogen) atoms. The first-order valence-corrected chi connectivity index (χ1v) is 6.28. The van der Waals surface area contributed by atoms with Crippen molar-refractivity contribution in [2.24, 2.45) is 0 Å². The summed E-state index contributed by atoms with van der Waals surface area (Å²) in [5.41, 5.74) is 0.446. The fourth-order valence-electron chi connectivity index (χ4n) is 1.33. The lowest BCUT2D eigenvalue weighted by Crippen LogP contribution is -1.92. The molecule has 0 aliphatic heterocycles. The van der Waals surface area contributed by atoms with Gasteiger partial charge in [0, 0.05) is 11.1 Å². The Morgan fingerprint density at radius 2 is 2.00 bits per heavy atom. The van der Waals surface area contributed by atoms with Gasteiger partial charge in [0.2, 0.25) is 5.88 Å². The Morgan fingerprint density at radius 3 is 2.65 bits per heavy atom. The number of carbonyl (C=O) groups is 1. The number of aromatic nitrogens is 1. The Hall–Kier alpha value is -1.81.